The molecule has 0 bridgehead atoms. The number of hydrazone groups is 1. The van der Waals surface area contributed by atoms with Gasteiger partial charge in [0.15, 0.2) is 10.9 Å². The third-order valence-corrected chi connectivity index (χ3v) is 3.19. The first-order valence-electron chi connectivity index (χ1n) is 6.82. The number of nitrogens with one attached hydrogen (secondary N) is 2. The van der Waals surface area contributed by atoms with Crippen molar-refractivity contribution in [3.05, 3.63) is 57.9 Å². The number of para-hydroxylation sites is 1. The normalized spacial score (nSPS) is 10.5. The zero-order valence-corrected chi connectivity index (χ0v) is 13.7. The molecule has 0 unspecified atom stereocenters. The molecule has 0 heterocycles. The predicted octanol–water partition coefficient (Wildman–Crippen LogP) is 2.77. The SMILES string of the molecule is COc1cc(/C=N\NC(=S)Nc2ccccc2F)cc([N+](=O)[O-])c1O. The van der Waals surface area contributed by atoms with Crippen molar-refractivity contribution < 1.29 is 19.2 Å². The summed E-state index contributed by atoms with van der Waals surface area (Å²) < 4.78 is 18.4. The molecule has 25 heavy (non-hydrogen) atoms. The van der Waals surface area contributed by atoms with Crippen molar-refractivity contribution in [1.82, 2.24) is 5.43 Å². The van der Waals surface area contributed by atoms with Crippen LogP contribution in [0.15, 0.2) is 41.5 Å². The summed E-state index contributed by atoms with van der Waals surface area (Å²) in [5.41, 5.74) is 2.41. The number of halogens is 1. The van der Waals surface area contributed by atoms with Crippen LogP contribution in [0.5, 0.6) is 11.5 Å². The van der Waals surface area contributed by atoms with Gasteiger partial charge in [0.25, 0.3) is 0 Å². The summed E-state index contributed by atoms with van der Waals surface area (Å²) in [4.78, 5) is 10.2. The van der Waals surface area contributed by atoms with Crippen molar-refractivity contribution in [1.29, 1.82) is 0 Å². The molecule has 3 N–H and O–H groups in total. The maximum atomic E-state index is 13.5. The van der Waals surface area contributed by atoms with Crippen LogP contribution in [0.3, 0.4) is 0 Å². The number of hydrogen-bond acceptors (Lipinski definition) is 6. The summed E-state index contributed by atoms with van der Waals surface area (Å²) in [5, 5.41) is 27.1. The maximum absolute atomic E-state index is 13.5. The number of hydrogen-bond donors (Lipinski definition) is 3. The minimum absolute atomic E-state index is 0.0293. The van der Waals surface area contributed by atoms with Crippen LogP contribution in [-0.2, 0) is 0 Å². The number of nitro benzene ring substituents is 1. The highest BCUT2D eigenvalue weighted by atomic mass is 32.1. The summed E-state index contributed by atoms with van der Waals surface area (Å²) in [6.07, 6.45) is 1.24. The molecular weight excluding hydrogens is 351 g/mol. The average Bonchev–Trinajstić information content (AvgIpc) is 2.58. The highest BCUT2D eigenvalue weighted by Crippen LogP contribution is 2.36. The highest BCUT2D eigenvalue weighted by molar-refractivity contribution is 7.80. The first kappa shape index (κ1) is 18.1. The molecule has 0 atom stereocenters. The Kier molecular flexibility index (Phi) is 5.79. The third-order valence-electron chi connectivity index (χ3n) is 3.00. The standard InChI is InChI=1S/C15H13FN4O4S/c1-24-13-7-9(6-12(14(13)21)20(22)23)8-17-19-15(25)18-11-5-3-2-4-10(11)16/h2-8,21H,1H3,(H2,18,19,25)/b17-8-. The second kappa shape index (κ2) is 8.02. The van der Waals surface area contributed by atoms with Crippen LogP contribution in [-0.4, -0.2) is 28.5 Å². The lowest BCUT2D eigenvalue weighted by Gasteiger charge is -2.08. The average molecular weight is 364 g/mol. The van der Waals surface area contributed by atoms with Crippen molar-refractivity contribution in [3.63, 3.8) is 0 Å². The number of thiocarbonyl (C=S) groups is 1. The maximum Gasteiger partial charge on any atom is 0.315 e. The summed E-state index contributed by atoms with van der Waals surface area (Å²) in [6.45, 7) is 0. The molecule has 0 spiro atoms. The van der Waals surface area contributed by atoms with Gasteiger partial charge in [-0.05, 0) is 30.4 Å². The summed E-state index contributed by atoms with van der Waals surface area (Å²) in [6, 6.07) is 8.44. The number of anilines is 1. The van der Waals surface area contributed by atoms with E-state index in [0.29, 0.717) is 5.56 Å². The van der Waals surface area contributed by atoms with Crippen molar-refractivity contribution in [2.24, 2.45) is 5.10 Å². The highest BCUT2D eigenvalue weighted by Gasteiger charge is 2.19. The van der Waals surface area contributed by atoms with Gasteiger partial charge >= 0.3 is 5.69 Å². The van der Waals surface area contributed by atoms with Gasteiger partial charge in [-0.1, -0.05) is 12.1 Å². The Labute approximate surface area is 147 Å². The second-order valence-corrected chi connectivity index (χ2v) is 5.06. The predicted molar refractivity (Wildman–Crippen MR) is 94.7 cm³/mol. The van der Waals surface area contributed by atoms with Crippen molar-refractivity contribution >= 4 is 34.9 Å². The van der Waals surface area contributed by atoms with E-state index in [9.17, 15) is 19.6 Å². The van der Waals surface area contributed by atoms with E-state index in [1.165, 1.54) is 31.5 Å². The Morgan fingerprint density at radius 2 is 2.16 bits per heavy atom. The van der Waals surface area contributed by atoms with Gasteiger partial charge in [-0.25, -0.2) is 4.39 Å². The fourth-order valence-electron chi connectivity index (χ4n) is 1.86. The Bertz CT molecular complexity index is 844. The quantitative estimate of drug-likeness (QED) is 0.324. The van der Waals surface area contributed by atoms with Crippen LogP contribution in [0.2, 0.25) is 0 Å². The van der Waals surface area contributed by atoms with Gasteiger partial charge in [-0.15, -0.1) is 0 Å². The Balaban J connectivity index is 2.09. The van der Waals surface area contributed by atoms with Gasteiger partial charge in [-0.3, -0.25) is 15.5 Å². The number of aromatic hydroxyl groups is 1. The molecule has 2 aromatic carbocycles. The number of ether oxygens (including phenoxy) is 1. The molecule has 0 aliphatic carbocycles. The summed E-state index contributed by atoms with van der Waals surface area (Å²) in [5.74, 6) is -1.12. The summed E-state index contributed by atoms with van der Waals surface area (Å²) >= 11 is 4.97. The van der Waals surface area contributed by atoms with Gasteiger partial charge in [0, 0.05) is 11.6 Å². The number of phenolic OH excluding ortho intramolecular Hbond substituents is 1. The Morgan fingerprint density at radius 3 is 2.80 bits per heavy atom. The smallest absolute Gasteiger partial charge is 0.315 e. The minimum atomic E-state index is -0.743. The van der Waals surface area contributed by atoms with E-state index in [-0.39, 0.29) is 16.5 Å². The fourth-order valence-corrected chi connectivity index (χ4v) is 2.02. The first-order valence-corrected chi connectivity index (χ1v) is 7.23. The van der Waals surface area contributed by atoms with Gasteiger partial charge in [0.1, 0.15) is 5.82 Å². The zero-order valence-electron chi connectivity index (χ0n) is 12.9. The van der Waals surface area contributed by atoms with E-state index in [1.807, 2.05) is 0 Å². The van der Waals surface area contributed by atoms with Crippen LogP contribution in [0, 0.1) is 15.9 Å². The lowest BCUT2D eigenvalue weighted by atomic mass is 10.2. The van der Waals surface area contributed by atoms with E-state index in [1.54, 1.807) is 12.1 Å². The Hall–Kier alpha value is -3.27. The Morgan fingerprint density at radius 1 is 1.44 bits per heavy atom. The molecule has 0 aliphatic rings. The van der Waals surface area contributed by atoms with Crippen LogP contribution in [0.1, 0.15) is 5.56 Å². The largest absolute Gasteiger partial charge is 0.500 e. The number of methoxy groups -OCH3 is 1. The number of benzene rings is 2. The lowest BCUT2D eigenvalue weighted by Crippen LogP contribution is -2.24. The van der Waals surface area contributed by atoms with Gasteiger partial charge < -0.3 is 15.2 Å². The molecule has 10 heteroatoms. The molecule has 0 saturated carbocycles. The van der Waals surface area contributed by atoms with Crippen LogP contribution < -0.4 is 15.5 Å². The minimum Gasteiger partial charge on any atom is -0.500 e. The van der Waals surface area contributed by atoms with Gasteiger partial charge in [0.05, 0.1) is 23.9 Å². The zero-order chi connectivity index (χ0) is 18.4. The number of rotatable bonds is 5. The topological polar surface area (TPSA) is 109 Å². The van der Waals surface area contributed by atoms with Crippen molar-refractivity contribution in [3.8, 4) is 11.5 Å². The van der Waals surface area contributed by atoms with Gasteiger partial charge in [0.2, 0.25) is 5.75 Å². The van der Waals surface area contributed by atoms with E-state index in [0.717, 1.165) is 6.07 Å². The van der Waals surface area contributed by atoms with Crippen LogP contribution in [0.4, 0.5) is 15.8 Å². The number of nitro groups is 1. The molecule has 130 valence electrons. The molecule has 0 aliphatic heterocycles. The molecule has 0 saturated heterocycles. The molecule has 2 rings (SSSR count). The van der Waals surface area contributed by atoms with E-state index in [4.69, 9.17) is 17.0 Å². The van der Waals surface area contributed by atoms with Crippen LogP contribution >= 0.6 is 12.2 Å². The van der Waals surface area contributed by atoms with Crippen LogP contribution in [0.25, 0.3) is 0 Å². The molecule has 8 nitrogen and oxygen atoms in total. The molecule has 0 aromatic heterocycles. The van der Waals surface area contributed by atoms with E-state index < -0.39 is 22.2 Å². The molecule has 2 aromatic rings. The third kappa shape index (κ3) is 4.61. The van der Waals surface area contributed by atoms with Gasteiger partial charge in [-0.2, -0.15) is 5.10 Å². The lowest BCUT2D eigenvalue weighted by molar-refractivity contribution is -0.386. The van der Waals surface area contributed by atoms with Crippen molar-refractivity contribution in [2.75, 3.05) is 12.4 Å². The molecule has 0 fully saturated rings. The monoisotopic (exact) mass is 364 g/mol. The molecule has 0 radical (unpaired) electrons. The second-order valence-electron chi connectivity index (χ2n) is 4.65. The number of nitrogens with zero attached hydrogens (tertiary/aromatic N) is 2. The van der Waals surface area contributed by atoms with E-state index >= 15 is 0 Å². The first-order chi connectivity index (χ1) is 11.9. The van der Waals surface area contributed by atoms with E-state index in [2.05, 4.69) is 15.8 Å². The molecule has 0 amide bonds. The summed E-state index contributed by atoms with van der Waals surface area (Å²) in [7, 11) is 1.27. The fraction of sp³-hybridized carbons (Fsp3) is 0.0667. The molecular formula is C15H13FN4O4S. The number of phenols is 1. The van der Waals surface area contributed by atoms with Crippen molar-refractivity contribution in [2.45, 2.75) is 0 Å².